The number of benzene rings is 1. The first kappa shape index (κ1) is 28.4. The van der Waals surface area contributed by atoms with E-state index in [4.69, 9.17) is 4.74 Å². The van der Waals surface area contributed by atoms with Gasteiger partial charge in [0.25, 0.3) is 5.91 Å². The monoisotopic (exact) mass is 534 g/mol. The van der Waals surface area contributed by atoms with E-state index in [1.54, 1.807) is 13.0 Å². The number of nitrogens with zero attached hydrogens (tertiary/aromatic N) is 3. The Hall–Kier alpha value is -4.13. The third-order valence-electron chi connectivity index (χ3n) is 5.25. The van der Waals surface area contributed by atoms with Crippen LogP contribution in [0.3, 0.4) is 0 Å². The maximum absolute atomic E-state index is 13.3. The number of hydrogen-bond donors (Lipinski definition) is 3. The van der Waals surface area contributed by atoms with Gasteiger partial charge in [-0.05, 0) is 43.2 Å². The van der Waals surface area contributed by atoms with E-state index >= 15 is 0 Å². The van der Waals surface area contributed by atoms with Gasteiger partial charge < -0.3 is 20.7 Å². The number of nitrogens with one attached hydrogen (secondary N) is 3. The molecule has 1 aromatic carbocycles. The van der Waals surface area contributed by atoms with Crippen LogP contribution in [0.4, 0.5) is 28.9 Å². The molecule has 0 spiro atoms. The van der Waals surface area contributed by atoms with Crippen molar-refractivity contribution in [1.29, 1.82) is 0 Å². The van der Waals surface area contributed by atoms with Crippen molar-refractivity contribution in [2.75, 3.05) is 25.1 Å². The average Bonchev–Trinajstić information content (AvgIpc) is 2.88. The molecule has 3 N–H and O–H groups in total. The number of anilines is 2. The molecule has 0 saturated heterocycles. The highest BCUT2D eigenvalue weighted by molar-refractivity contribution is 5.93. The Kier molecular flexibility index (Phi) is 10.0. The fourth-order valence-electron chi connectivity index (χ4n) is 3.30. The highest BCUT2D eigenvalue weighted by atomic mass is 19.4. The van der Waals surface area contributed by atoms with Crippen molar-refractivity contribution >= 4 is 23.2 Å². The minimum absolute atomic E-state index is 0.122. The molecule has 0 aliphatic heterocycles. The summed E-state index contributed by atoms with van der Waals surface area (Å²) in [7, 11) is 0. The highest BCUT2D eigenvalue weighted by Gasteiger charge is 2.34. The molecular weight excluding hydrogens is 508 g/mol. The number of halogens is 4. The lowest BCUT2D eigenvalue weighted by Gasteiger charge is -2.15. The van der Waals surface area contributed by atoms with Gasteiger partial charge in [0.05, 0.1) is 47.5 Å². The number of ether oxygens (including phenoxy) is 1. The Balaban J connectivity index is 1.36. The second-order valence-corrected chi connectivity index (χ2v) is 8.18. The molecule has 0 aliphatic rings. The molecule has 3 rings (SSSR count). The molecule has 0 radical (unpaired) electrons. The lowest BCUT2D eigenvalue weighted by atomic mass is 10.1. The van der Waals surface area contributed by atoms with Crippen LogP contribution in [0.25, 0.3) is 0 Å². The second kappa shape index (κ2) is 13.4. The normalized spacial score (nSPS) is 11.2. The minimum atomic E-state index is -4.73. The molecule has 2 aromatic heterocycles. The Bertz CT molecular complexity index is 1240. The topological polar surface area (TPSA) is 118 Å². The van der Waals surface area contributed by atoms with E-state index in [0.29, 0.717) is 42.5 Å². The first-order chi connectivity index (χ1) is 18.1. The van der Waals surface area contributed by atoms with Gasteiger partial charge in [-0.25, -0.2) is 14.4 Å². The van der Waals surface area contributed by atoms with E-state index in [0.717, 1.165) is 12.1 Å². The van der Waals surface area contributed by atoms with Gasteiger partial charge in [-0.1, -0.05) is 0 Å². The standard InChI is InChI=1S/C25H26F4N6O3/c1-16-9-19(35-21-4-3-18(26)10-20(21)25(27,28)29)13-33-22(16)14-34-23(36)5-8-38-7-2-6-32-24(37)17-11-30-15-31-12-17/h3-4,9-13,15,35H,2,5-8,14H2,1H3,(H,32,37)(H,34,36). The molecule has 0 bridgehead atoms. The summed E-state index contributed by atoms with van der Waals surface area (Å²) in [5.74, 6) is -1.52. The molecule has 2 heterocycles. The summed E-state index contributed by atoms with van der Waals surface area (Å²) in [4.78, 5) is 35.7. The van der Waals surface area contributed by atoms with Crippen molar-refractivity contribution in [1.82, 2.24) is 25.6 Å². The van der Waals surface area contributed by atoms with Gasteiger partial charge in [-0.15, -0.1) is 0 Å². The number of carbonyl (C=O) groups excluding carboxylic acids is 2. The summed E-state index contributed by atoms with van der Waals surface area (Å²) in [6.45, 7) is 2.79. The average molecular weight is 535 g/mol. The van der Waals surface area contributed by atoms with Crippen molar-refractivity contribution < 1.29 is 31.9 Å². The zero-order valence-corrected chi connectivity index (χ0v) is 20.4. The summed E-state index contributed by atoms with van der Waals surface area (Å²) in [6, 6.07) is 3.96. The fourth-order valence-corrected chi connectivity index (χ4v) is 3.30. The summed E-state index contributed by atoms with van der Waals surface area (Å²) in [6.07, 6.45) is 1.47. The van der Waals surface area contributed by atoms with E-state index in [1.165, 1.54) is 24.9 Å². The summed E-state index contributed by atoms with van der Waals surface area (Å²) < 4.78 is 58.4. The third kappa shape index (κ3) is 8.76. The van der Waals surface area contributed by atoms with E-state index in [9.17, 15) is 27.2 Å². The van der Waals surface area contributed by atoms with Crippen LogP contribution in [0.1, 0.15) is 40.0 Å². The predicted molar refractivity (Wildman–Crippen MR) is 130 cm³/mol. The van der Waals surface area contributed by atoms with Crippen LogP contribution in [-0.2, 0) is 22.3 Å². The SMILES string of the molecule is Cc1cc(Nc2ccc(F)cc2C(F)(F)F)cnc1CNC(=O)CCOCCCNC(=O)c1cncnc1. The number of aryl methyl sites for hydroxylation is 1. The quantitative estimate of drug-likeness (QED) is 0.238. The van der Waals surface area contributed by atoms with Crippen LogP contribution in [0.15, 0.2) is 49.2 Å². The van der Waals surface area contributed by atoms with Gasteiger partial charge in [0.2, 0.25) is 5.91 Å². The second-order valence-electron chi connectivity index (χ2n) is 8.18. The molecular formula is C25H26F4N6O3. The number of pyridine rings is 1. The molecule has 0 unspecified atom stereocenters. The molecule has 0 fully saturated rings. The first-order valence-corrected chi connectivity index (χ1v) is 11.6. The molecule has 9 nitrogen and oxygen atoms in total. The summed E-state index contributed by atoms with van der Waals surface area (Å²) >= 11 is 0. The Morgan fingerprint density at radius 2 is 1.79 bits per heavy atom. The predicted octanol–water partition coefficient (Wildman–Crippen LogP) is 3.92. The largest absolute Gasteiger partial charge is 0.418 e. The van der Waals surface area contributed by atoms with Crippen LogP contribution in [-0.4, -0.2) is 46.5 Å². The number of carbonyl (C=O) groups is 2. The Morgan fingerprint density at radius 1 is 1.03 bits per heavy atom. The van der Waals surface area contributed by atoms with Gasteiger partial charge in [0, 0.05) is 32.0 Å². The lowest BCUT2D eigenvalue weighted by molar-refractivity contribution is -0.137. The minimum Gasteiger partial charge on any atom is -0.381 e. The zero-order chi connectivity index (χ0) is 27.5. The molecule has 0 saturated carbocycles. The number of alkyl halides is 3. The zero-order valence-electron chi connectivity index (χ0n) is 20.4. The molecule has 0 aliphatic carbocycles. The van der Waals surface area contributed by atoms with Crippen molar-refractivity contribution in [3.8, 4) is 0 Å². The van der Waals surface area contributed by atoms with Crippen molar-refractivity contribution in [2.24, 2.45) is 0 Å². The maximum atomic E-state index is 13.3. The van der Waals surface area contributed by atoms with E-state index < -0.39 is 17.6 Å². The number of rotatable bonds is 12. The lowest BCUT2D eigenvalue weighted by Crippen LogP contribution is -2.26. The summed E-state index contributed by atoms with van der Waals surface area (Å²) in [5, 5.41) is 8.06. The van der Waals surface area contributed by atoms with E-state index in [2.05, 4.69) is 30.9 Å². The van der Waals surface area contributed by atoms with Gasteiger partial charge >= 0.3 is 6.18 Å². The van der Waals surface area contributed by atoms with E-state index in [1.807, 2.05) is 0 Å². The number of hydrogen-bond acceptors (Lipinski definition) is 7. The van der Waals surface area contributed by atoms with Gasteiger partial charge in [0.1, 0.15) is 12.1 Å². The fraction of sp³-hybridized carbons (Fsp3) is 0.320. The van der Waals surface area contributed by atoms with Gasteiger partial charge in [-0.2, -0.15) is 13.2 Å². The van der Waals surface area contributed by atoms with Gasteiger partial charge in [-0.3, -0.25) is 14.6 Å². The molecule has 0 atom stereocenters. The van der Waals surface area contributed by atoms with Crippen LogP contribution < -0.4 is 16.0 Å². The van der Waals surface area contributed by atoms with Crippen LogP contribution >= 0.6 is 0 Å². The van der Waals surface area contributed by atoms with Gasteiger partial charge in [0.15, 0.2) is 0 Å². The Labute approximate surface area is 216 Å². The smallest absolute Gasteiger partial charge is 0.381 e. The summed E-state index contributed by atoms with van der Waals surface area (Å²) in [5.41, 5.74) is 0.418. The third-order valence-corrected chi connectivity index (χ3v) is 5.25. The number of aromatic nitrogens is 3. The maximum Gasteiger partial charge on any atom is 0.418 e. The van der Waals surface area contributed by atoms with Crippen LogP contribution in [0.2, 0.25) is 0 Å². The molecule has 13 heteroatoms. The van der Waals surface area contributed by atoms with Crippen molar-refractivity contribution in [3.05, 3.63) is 77.4 Å². The molecule has 202 valence electrons. The van der Waals surface area contributed by atoms with Crippen molar-refractivity contribution in [3.63, 3.8) is 0 Å². The molecule has 3 aromatic rings. The molecule has 2 amide bonds. The highest BCUT2D eigenvalue weighted by Crippen LogP contribution is 2.36. The van der Waals surface area contributed by atoms with Crippen LogP contribution in [0.5, 0.6) is 0 Å². The Morgan fingerprint density at radius 3 is 2.50 bits per heavy atom. The molecule has 38 heavy (non-hydrogen) atoms. The van der Waals surface area contributed by atoms with Crippen molar-refractivity contribution in [2.45, 2.75) is 32.5 Å². The van der Waals surface area contributed by atoms with Crippen LogP contribution in [0, 0.1) is 12.7 Å². The van der Waals surface area contributed by atoms with E-state index in [-0.39, 0.29) is 42.8 Å². The number of amides is 2. The first-order valence-electron chi connectivity index (χ1n) is 11.6.